The van der Waals surface area contributed by atoms with Crippen molar-refractivity contribution in [2.45, 2.75) is 51.0 Å². The minimum absolute atomic E-state index is 0.904. The van der Waals surface area contributed by atoms with Gasteiger partial charge in [-0.1, -0.05) is 6.42 Å². The normalized spacial score (nSPS) is 26.6. The molecule has 0 radical (unpaired) electrons. The van der Waals surface area contributed by atoms with E-state index in [1.807, 2.05) is 0 Å². The maximum Gasteiger partial charge on any atom is 0.0237 e. The van der Waals surface area contributed by atoms with E-state index in [1.165, 1.54) is 45.1 Å². The van der Waals surface area contributed by atoms with Crippen molar-refractivity contribution in [1.29, 1.82) is 0 Å². The zero-order valence-electron chi connectivity index (χ0n) is 8.13. The van der Waals surface area contributed by atoms with Gasteiger partial charge in [0.1, 0.15) is 0 Å². The zero-order valence-corrected chi connectivity index (χ0v) is 8.13. The van der Waals surface area contributed by atoms with Crippen LogP contribution in [0.4, 0.5) is 0 Å². The number of aryl methyl sites for hydroxylation is 2. The molecule has 0 spiro atoms. The van der Waals surface area contributed by atoms with E-state index < -0.39 is 0 Å². The average molecular weight is 175 g/mol. The van der Waals surface area contributed by atoms with Gasteiger partial charge in [-0.25, -0.2) is 0 Å². The Morgan fingerprint density at radius 2 is 2.08 bits per heavy atom. The fourth-order valence-electron chi connectivity index (χ4n) is 3.06. The lowest BCUT2D eigenvalue weighted by atomic mass is 9.85. The first-order valence-electron chi connectivity index (χ1n) is 5.63. The Bertz CT molecular complexity index is 311. The molecule has 1 aromatic heterocycles. The second-order valence-electron chi connectivity index (χ2n) is 4.50. The van der Waals surface area contributed by atoms with Crippen LogP contribution in [0.5, 0.6) is 0 Å². The molecule has 70 valence electrons. The summed E-state index contributed by atoms with van der Waals surface area (Å²) in [6.45, 7) is 1.27. The molecule has 1 heteroatoms. The third-order valence-corrected chi connectivity index (χ3v) is 3.68. The molecule has 0 aromatic carbocycles. The molecule has 1 aliphatic heterocycles. The summed E-state index contributed by atoms with van der Waals surface area (Å²) < 4.78 is 2.52. The highest BCUT2D eigenvalue weighted by Crippen LogP contribution is 2.37. The van der Waals surface area contributed by atoms with Gasteiger partial charge in [0.05, 0.1) is 0 Å². The van der Waals surface area contributed by atoms with Crippen LogP contribution >= 0.6 is 0 Å². The van der Waals surface area contributed by atoms with Crippen LogP contribution in [-0.4, -0.2) is 4.57 Å². The van der Waals surface area contributed by atoms with Gasteiger partial charge in [0.2, 0.25) is 0 Å². The summed E-state index contributed by atoms with van der Waals surface area (Å²) in [5, 5.41) is 0. The van der Waals surface area contributed by atoms with Gasteiger partial charge >= 0.3 is 0 Å². The fourth-order valence-corrected chi connectivity index (χ4v) is 3.06. The van der Waals surface area contributed by atoms with Gasteiger partial charge in [-0.3, -0.25) is 0 Å². The molecular formula is C12H17N. The van der Waals surface area contributed by atoms with Crippen molar-refractivity contribution < 1.29 is 0 Å². The number of rotatable bonds is 0. The topological polar surface area (TPSA) is 4.93 Å². The van der Waals surface area contributed by atoms with Crippen LogP contribution in [0.2, 0.25) is 0 Å². The molecular weight excluding hydrogens is 158 g/mol. The highest BCUT2D eigenvalue weighted by atomic mass is 15.0. The Morgan fingerprint density at radius 3 is 3.08 bits per heavy atom. The largest absolute Gasteiger partial charge is 0.351 e. The molecule has 3 rings (SSSR count). The molecule has 1 aromatic rings. The molecule has 1 unspecified atom stereocenters. The van der Waals surface area contributed by atoms with Crippen LogP contribution in [-0.2, 0) is 13.0 Å². The third kappa shape index (κ3) is 1.13. The SMILES string of the molecule is c1cn2c3c1CCCC3CCCC2. The zero-order chi connectivity index (χ0) is 8.67. The van der Waals surface area contributed by atoms with Crippen LogP contribution in [0.15, 0.2) is 12.3 Å². The lowest BCUT2D eigenvalue weighted by molar-refractivity contribution is 0.506. The van der Waals surface area contributed by atoms with E-state index in [2.05, 4.69) is 16.8 Å². The highest BCUT2D eigenvalue weighted by molar-refractivity contribution is 5.29. The molecule has 2 aliphatic rings. The Labute approximate surface area is 79.8 Å². The maximum atomic E-state index is 2.52. The van der Waals surface area contributed by atoms with Crippen molar-refractivity contribution in [3.63, 3.8) is 0 Å². The van der Waals surface area contributed by atoms with Crippen LogP contribution < -0.4 is 0 Å². The van der Waals surface area contributed by atoms with E-state index in [9.17, 15) is 0 Å². The van der Waals surface area contributed by atoms with E-state index in [1.54, 1.807) is 11.3 Å². The lowest BCUT2D eigenvalue weighted by Gasteiger charge is -2.22. The second kappa shape index (κ2) is 2.90. The van der Waals surface area contributed by atoms with E-state index in [4.69, 9.17) is 0 Å². The van der Waals surface area contributed by atoms with Crippen LogP contribution in [0.3, 0.4) is 0 Å². The summed E-state index contributed by atoms with van der Waals surface area (Å²) in [7, 11) is 0. The highest BCUT2D eigenvalue weighted by Gasteiger charge is 2.24. The molecule has 0 fully saturated rings. The summed E-state index contributed by atoms with van der Waals surface area (Å²) in [6, 6.07) is 2.35. The minimum Gasteiger partial charge on any atom is -0.351 e. The Hall–Kier alpha value is -0.720. The summed E-state index contributed by atoms with van der Waals surface area (Å²) >= 11 is 0. The van der Waals surface area contributed by atoms with Crippen LogP contribution in [0.25, 0.3) is 0 Å². The van der Waals surface area contributed by atoms with Crippen molar-refractivity contribution in [1.82, 2.24) is 4.57 Å². The molecule has 0 amide bonds. The number of hydrogen-bond acceptors (Lipinski definition) is 0. The van der Waals surface area contributed by atoms with Crippen molar-refractivity contribution in [2.24, 2.45) is 0 Å². The van der Waals surface area contributed by atoms with Gasteiger partial charge in [-0.2, -0.15) is 0 Å². The predicted octanol–water partition coefficient (Wildman–Crippen LogP) is 3.09. The molecule has 1 atom stereocenters. The first kappa shape index (κ1) is 7.66. The van der Waals surface area contributed by atoms with Crippen molar-refractivity contribution in [3.05, 3.63) is 23.5 Å². The van der Waals surface area contributed by atoms with Gasteiger partial charge in [0, 0.05) is 18.4 Å². The summed E-state index contributed by atoms with van der Waals surface area (Å²) in [6.07, 6.45) is 10.8. The summed E-state index contributed by atoms with van der Waals surface area (Å²) in [5.74, 6) is 0.904. The lowest BCUT2D eigenvalue weighted by Crippen LogP contribution is -2.11. The second-order valence-corrected chi connectivity index (χ2v) is 4.50. The first-order chi connectivity index (χ1) is 6.45. The summed E-state index contributed by atoms with van der Waals surface area (Å²) in [5.41, 5.74) is 3.35. The van der Waals surface area contributed by atoms with Gasteiger partial charge in [0.25, 0.3) is 0 Å². The monoisotopic (exact) mass is 175 g/mol. The van der Waals surface area contributed by atoms with Gasteiger partial charge < -0.3 is 4.57 Å². The van der Waals surface area contributed by atoms with E-state index in [0.29, 0.717) is 0 Å². The smallest absolute Gasteiger partial charge is 0.0237 e. The average Bonchev–Trinajstić information content (AvgIpc) is 2.44. The van der Waals surface area contributed by atoms with E-state index in [-0.39, 0.29) is 0 Å². The third-order valence-electron chi connectivity index (χ3n) is 3.68. The molecule has 0 N–H and O–H groups in total. The molecule has 0 bridgehead atoms. The molecule has 1 aliphatic carbocycles. The number of aromatic nitrogens is 1. The quantitative estimate of drug-likeness (QED) is 0.571. The van der Waals surface area contributed by atoms with Gasteiger partial charge in [0.15, 0.2) is 0 Å². The Balaban J connectivity index is 2.10. The van der Waals surface area contributed by atoms with E-state index >= 15 is 0 Å². The standard InChI is InChI=1S/C12H17N/c1-2-8-13-9-7-11-6-3-5-10(4-1)12(11)13/h7,9-10H,1-6,8H2. The molecule has 1 nitrogen and oxygen atoms in total. The molecule has 0 saturated carbocycles. The predicted molar refractivity (Wildman–Crippen MR) is 54.0 cm³/mol. The fraction of sp³-hybridized carbons (Fsp3) is 0.667. The van der Waals surface area contributed by atoms with E-state index in [0.717, 1.165) is 5.92 Å². The number of hydrogen-bond donors (Lipinski definition) is 0. The van der Waals surface area contributed by atoms with Crippen molar-refractivity contribution in [3.8, 4) is 0 Å². The molecule has 0 saturated heterocycles. The minimum atomic E-state index is 0.904. The van der Waals surface area contributed by atoms with Gasteiger partial charge in [-0.05, 0) is 49.7 Å². The van der Waals surface area contributed by atoms with Crippen molar-refractivity contribution in [2.75, 3.05) is 0 Å². The Morgan fingerprint density at radius 1 is 1.15 bits per heavy atom. The molecule has 13 heavy (non-hydrogen) atoms. The summed E-state index contributed by atoms with van der Waals surface area (Å²) in [4.78, 5) is 0. The van der Waals surface area contributed by atoms with Crippen LogP contribution in [0.1, 0.15) is 49.3 Å². The Kier molecular flexibility index (Phi) is 1.71. The van der Waals surface area contributed by atoms with Crippen molar-refractivity contribution >= 4 is 0 Å². The maximum absolute atomic E-state index is 2.52. The van der Waals surface area contributed by atoms with Crippen LogP contribution in [0, 0.1) is 0 Å². The molecule has 2 heterocycles. The first-order valence-corrected chi connectivity index (χ1v) is 5.63. The van der Waals surface area contributed by atoms with Gasteiger partial charge in [-0.15, -0.1) is 0 Å². The number of nitrogens with zero attached hydrogens (tertiary/aromatic N) is 1.